The van der Waals surface area contributed by atoms with Gasteiger partial charge in [-0.3, -0.25) is 0 Å². The Hall–Kier alpha value is -0.370. The molecule has 0 aromatic carbocycles. The Kier molecular flexibility index (Phi) is 1.95. The van der Waals surface area contributed by atoms with Crippen LogP contribution in [-0.4, -0.2) is 14.6 Å². The number of rotatable bonds is 0. The van der Waals surface area contributed by atoms with Crippen molar-refractivity contribution >= 4 is 50.0 Å². The molecule has 0 aliphatic heterocycles. The van der Waals surface area contributed by atoms with Gasteiger partial charge in [-0.05, 0) is 38.5 Å². The number of hydrogen-bond acceptors (Lipinski definition) is 3. The minimum absolute atomic E-state index is 0.515. The third-order valence-electron chi connectivity index (χ3n) is 1.41. The molecule has 0 saturated carbocycles. The van der Waals surface area contributed by atoms with Crippen LogP contribution in [-0.2, 0) is 0 Å². The van der Waals surface area contributed by atoms with Crippen molar-refractivity contribution in [1.82, 2.24) is 14.6 Å². The zero-order valence-corrected chi connectivity index (χ0v) is 9.57. The Morgan fingerprint density at radius 3 is 3.08 bits per heavy atom. The second kappa shape index (κ2) is 2.84. The van der Waals surface area contributed by atoms with E-state index in [1.165, 1.54) is 0 Å². The number of nitrogen functional groups attached to an aromatic ring is 1. The van der Waals surface area contributed by atoms with Crippen LogP contribution >= 0.6 is 38.5 Å². The number of nitrogens with zero attached hydrogens (tertiary/aromatic N) is 3. The molecule has 2 N–H and O–H groups in total. The summed E-state index contributed by atoms with van der Waals surface area (Å²) in [6.07, 6.45) is 3.54. The molecule has 2 aromatic rings. The number of nitrogens with two attached hydrogens (primary N) is 1. The number of anilines is 1. The number of fused-ring (bicyclic) bond motifs is 1. The molecule has 0 radical (unpaired) electrons. The lowest BCUT2D eigenvalue weighted by Crippen LogP contribution is -1.89. The molecule has 12 heavy (non-hydrogen) atoms. The van der Waals surface area contributed by atoms with Crippen LogP contribution in [0.25, 0.3) is 5.65 Å². The van der Waals surface area contributed by atoms with E-state index in [0.29, 0.717) is 5.82 Å². The molecule has 0 spiro atoms. The predicted octanol–water partition coefficient (Wildman–Crippen LogP) is 1.68. The van der Waals surface area contributed by atoms with Crippen molar-refractivity contribution in [1.29, 1.82) is 0 Å². The van der Waals surface area contributed by atoms with Crippen molar-refractivity contribution in [2.75, 3.05) is 5.73 Å². The second-order valence-corrected chi connectivity index (χ2v) is 4.23. The van der Waals surface area contributed by atoms with Crippen molar-refractivity contribution in [2.45, 2.75) is 0 Å². The van der Waals surface area contributed by atoms with Crippen molar-refractivity contribution in [3.05, 3.63) is 20.4 Å². The van der Waals surface area contributed by atoms with Gasteiger partial charge in [0.25, 0.3) is 0 Å². The first kappa shape index (κ1) is 8.24. The fourth-order valence-electron chi connectivity index (χ4n) is 0.901. The quantitative estimate of drug-likeness (QED) is 0.743. The standard InChI is InChI=1S/C6H4BrIN4/c7-3-1-10-6-4(8)5(9)11-12(6)2-3/h1-2H,(H2,9,11). The lowest BCUT2D eigenvalue weighted by Gasteiger charge is -1.91. The molecule has 0 fully saturated rings. The van der Waals surface area contributed by atoms with Crippen LogP contribution in [0, 0.1) is 3.57 Å². The van der Waals surface area contributed by atoms with E-state index < -0.39 is 0 Å². The van der Waals surface area contributed by atoms with Crippen molar-refractivity contribution < 1.29 is 0 Å². The summed E-state index contributed by atoms with van der Waals surface area (Å²) < 4.78 is 3.43. The molecule has 0 aliphatic rings. The highest BCUT2D eigenvalue weighted by Crippen LogP contribution is 2.19. The molecule has 0 unspecified atom stereocenters. The van der Waals surface area contributed by atoms with Crippen molar-refractivity contribution in [3.63, 3.8) is 0 Å². The van der Waals surface area contributed by atoms with Crippen LogP contribution in [0.5, 0.6) is 0 Å². The Labute approximate surface area is 90.4 Å². The van der Waals surface area contributed by atoms with Crippen LogP contribution in [0.1, 0.15) is 0 Å². The molecule has 6 heteroatoms. The van der Waals surface area contributed by atoms with E-state index in [9.17, 15) is 0 Å². The summed E-state index contributed by atoms with van der Waals surface area (Å²) in [5, 5.41) is 4.07. The highest BCUT2D eigenvalue weighted by atomic mass is 127. The number of aromatic nitrogens is 3. The van der Waals surface area contributed by atoms with Crippen LogP contribution in [0.4, 0.5) is 5.82 Å². The monoisotopic (exact) mass is 338 g/mol. The van der Waals surface area contributed by atoms with Gasteiger partial charge in [0.1, 0.15) is 3.57 Å². The summed E-state index contributed by atoms with van der Waals surface area (Å²) in [6, 6.07) is 0. The second-order valence-electron chi connectivity index (χ2n) is 2.24. The van der Waals surface area contributed by atoms with E-state index in [2.05, 4.69) is 48.6 Å². The van der Waals surface area contributed by atoms with Gasteiger partial charge in [-0.1, -0.05) is 0 Å². The summed E-state index contributed by atoms with van der Waals surface area (Å²) >= 11 is 5.42. The fourth-order valence-corrected chi connectivity index (χ4v) is 1.69. The molecule has 2 rings (SSSR count). The Balaban J connectivity index is 2.87. The molecule has 0 saturated heterocycles. The van der Waals surface area contributed by atoms with Crippen LogP contribution in [0.15, 0.2) is 16.9 Å². The molecule has 2 heterocycles. The van der Waals surface area contributed by atoms with E-state index in [4.69, 9.17) is 5.73 Å². The maximum absolute atomic E-state index is 5.61. The number of hydrogen-bond donors (Lipinski definition) is 1. The van der Waals surface area contributed by atoms with E-state index in [-0.39, 0.29) is 0 Å². The third-order valence-corrected chi connectivity index (χ3v) is 2.85. The Morgan fingerprint density at radius 1 is 1.58 bits per heavy atom. The summed E-state index contributed by atoms with van der Waals surface area (Å²) in [5.74, 6) is 0.515. The van der Waals surface area contributed by atoms with E-state index in [1.54, 1.807) is 10.7 Å². The molecular weight excluding hydrogens is 335 g/mol. The molecule has 4 nitrogen and oxygen atoms in total. The molecule has 2 aromatic heterocycles. The molecule has 62 valence electrons. The molecule has 0 bridgehead atoms. The minimum atomic E-state index is 0.515. The van der Waals surface area contributed by atoms with Crippen LogP contribution in [0.2, 0.25) is 0 Å². The SMILES string of the molecule is Nc1nn2cc(Br)cnc2c1I. The minimum Gasteiger partial charge on any atom is -0.381 e. The average molecular weight is 339 g/mol. The van der Waals surface area contributed by atoms with Gasteiger partial charge in [-0.2, -0.15) is 0 Å². The Bertz CT molecular complexity index is 438. The van der Waals surface area contributed by atoms with Gasteiger partial charge in [0.15, 0.2) is 11.5 Å². The largest absolute Gasteiger partial charge is 0.381 e. The number of halogens is 2. The predicted molar refractivity (Wildman–Crippen MR) is 57.8 cm³/mol. The van der Waals surface area contributed by atoms with Gasteiger partial charge < -0.3 is 5.73 Å². The fraction of sp³-hybridized carbons (Fsp3) is 0. The lowest BCUT2D eigenvalue weighted by atomic mass is 10.6. The lowest BCUT2D eigenvalue weighted by molar-refractivity contribution is 0.939. The first-order valence-corrected chi connectivity index (χ1v) is 5.00. The third kappa shape index (κ3) is 1.18. The maximum Gasteiger partial charge on any atom is 0.170 e. The van der Waals surface area contributed by atoms with Crippen LogP contribution in [0.3, 0.4) is 0 Å². The highest BCUT2D eigenvalue weighted by Gasteiger charge is 2.07. The first-order chi connectivity index (χ1) is 5.68. The van der Waals surface area contributed by atoms with Gasteiger partial charge in [0.05, 0.1) is 4.47 Å². The van der Waals surface area contributed by atoms with Gasteiger partial charge in [0, 0.05) is 12.4 Å². The molecule has 0 atom stereocenters. The van der Waals surface area contributed by atoms with Gasteiger partial charge in [-0.25, -0.2) is 9.50 Å². The van der Waals surface area contributed by atoms with Gasteiger partial charge in [0.2, 0.25) is 0 Å². The molecule has 0 aliphatic carbocycles. The van der Waals surface area contributed by atoms with Crippen LogP contribution < -0.4 is 5.73 Å². The Morgan fingerprint density at radius 2 is 2.33 bits per heavy atom. The normalized spacial score (nSPS) is 10.8. The summed E-state index contributed by atoms with van der Waals surface area (Å²) in [4.78, 5) is 4.17. The summed E-state index contributed by atoms with van der Waals surface area (Å²) in [7, 11) is 0. The van der Waals surface area contributed by atoms with Gasteiger partial charge in [-0.15, -0.1) is 5.10 Å². The first-order valence-electron chi connectivity index (χ1n) is 3.13. The van der Waals surface area contributed by atoms with E-state index in [1.807, 2.05) is 6.20 Å². The topological polar surface area (TPSA) is 56.2 Å². The van der Waals surface area contributed by atoms with E-state index in [0.717, 1.165) is 13.7 Å². The maximum atomic E-state index is 5.61. The van der Waals surface area contributed by atoms with E-state index >= 15 is 0 Å². The van der Waals surface area contributed by atoms with Crippen molar-refractivity contribution in [3.8, 4) is 0 Å². The average Bonchev–Trinajstić information content (AvgIpc) is 2.28. The zero-order valence-electron chi connectivity index (χ0n) is 5.83. The molecular formula is C6H4BrIN4. The summed E-state index contributed by atoms with van der Waals surface area (Å²) in [6.45, 7) is 0. The van der Waals surface area contributed by atoms with Gasteiger partial charge >= 0.3 is 0 Å². The smallest absolute Gasteiger partial charge is 0.170 e. The summed E-state index contributed by atoms with van der Waals surface area (Å²) in [5.41, 5.74) is 6.40. The van der Waals surface area contributed by atoms with Crippen molar-refractivity contribution in [2.24, 2.45) is 0 Å². The molecule has 0 amide bonds. The zero-order chi connectivity index (χ0) is 8.72. The highest BCUT2D eigenvalue weighted by molar-refractivity contribution is 14.1.